The largest absolute Gasteiger partial charge is 0.486 e. The van der Waals surface area contributed by atoms with Crippen LogP contribution in [0, 0.1) is 0 Å². The highest BCUT2D eigenvalue weighted by atomic mass is 79.9. The molecule has 17 heavy (non-hydrogen) atoms. The third-order valence-electron chi connectivity index (χ3n) is 2.83. The number of hydrogen-bond acceptors (Lipinski definition) is 2. The molecule has 0 spiro atoms. The molecule has 3 heteroatoms. The number of ether oxygens (including phenoxy) is 1. The molecule has 0 saturated heterocycles. The number of halogens is 1. The lowest BCUT2D eigenvalue weighted by Crippen LogP contribution is -2.17. The Bertz CT molecular complexity index is 401. The zero-order chi connectivity index (χ0) is 12.3. The lowest BCUT2D eigenvalue weighted by atomic mass is 10.2. The van der Waals surface area contributed by atoms with Gasteiger partial charge in [0.15, 0.2) is 0 Å². The van der Waals surface area contributed by atoms with E-state index in [2.05, 4.69) is 33.9 Å². The van der Waals surface area contributed by atoms with Crippen LogP contribution in [0.1, 0.15) is 25.3 Å². The second kappa shape index (κ2) is 5.69. The van der Waals surface area contributed by atoms with E-state index in [-0.39, 0.29) is 6.10 Å². The third kappa shape index (κ3) is 3.86. The molecule has 92 valence electrons. The summed E-state index contributed by atoms with van der Waals surface area (Å²) in [6, 6.07) is 6.83. The summed E-state index contributed by atoms with van der Waals surface area (Å²) in [4.78, 5) is 0. The predicted octanol–water partition coefficient (Wildman–Crippen LogP) is 3.65. The predicted molar refractivity (Wildman–Crippen MR) is 74.3 cm³/mol. The van der Waals surface area contributed by atoms with Crippen LogP contribution in [-0.4, -0.2) is 12.1 Å². The Kier molecular flexibility index (Phi) is 4.24. The highest BCUT2D eigenvalue weighted by Gasteiger charge is 2.20. The van der Waals surface area contributed by atoms with Gasteiger partial charge in [0.25, 0.3) is 0 Å². The highest BCUT2D eigenvalue weighted by Crippen LogP contribution is 2.26. The highest BCUT2D eigenvalue weighted by molar-refractivity contribution is 9.10. The van der Waals surface area contributed by atoms with Crippen molar-refractivity contribution < 1.29 is 4.74 Å². The SMILES string of the molecule is C=CC(C)Oc1ccc(Br)cc1CNC1CC1. The Morgan fingerprint density at radius 3 is 3.00 bits per heavy atom. The van der Waals surface area contributed by atoms with E-state index in [1.807, 2.05) is 19.1 Å². The fourth-order valence-corrected chi connectivity index (χ4v) is 2.00. The average Bonchev–Trinajstić information content (AvgIpc) is 3.13. The van der Waals surface area contributed by atoms with Gasteiger partial charge in [0.2, 0.25) is 0 Å². The first-order valence-electron chi connectivity index (χ1n) is 6.00. The Morgan fingerprint density at radius 1 is 1.59 bits per heavy atom. The van der Waals surface area contributed by atoms with Crippen LogP contribution in [0.15, 0.2) is 35.3 Å². The summed E-state index contributed by atoms with van der Waals surface area (Å²) in [5, 5.41) is 3.51. The summed E-state index contributed by atoms with van der Waals surface area (Å²) in [5.41, 5.74) is 1.19. The fraction of sp³-hybridized carbons (Fsp3) is 0.429. The molecule has 1 N–H and O–H groups in total. The van der Waals surface area contributed by atoms with Crippen molar-refractivity contribution in [3.63, 3.8) is 0 Å². The zero-order valence-corrected chi connectivity index (χ0v) is 11.7. The van der Waals surface area contributed by atoms with Crippen LogP contribution in [0.3, 0.4) is 0 Å². The Labute approximate surface area is 111 Å². The van der Waals surface area contributed by atoms with Crippen LogP contribution in [0.2, 0.25) is 0 Å². The van der Waals surface area contributed by atoms with E-state index in [1.54, 1.807) is 6.08 Å². The van der Waals surface area contributed by atoms with Crippen LogP contribution in [0.4, 0.5) is 0 Å². The molecule has 1 unspecified atom stereocenters. The number of nitrogens with one attached hydrogen (secondary N) is 1. The molecule has 0 aromatic heterocycles. The first kappa shape index (κ1) is 12.7. The monoisotopic (exact) mass is 295 g/mol. The van der Waals surface area contributed by atoms with Gasteiger partial charge in [-0.15, -0.1) is 0 Å². The van der Waals surface area contributed by atoms with Crippen LogP contribution < -0.4 is 10.1 Å². The van der Waals surface area contributed by atoms with E-state index in [1.165, 1.54) is 18.4 Å². The van der Waals surface area contributed by atoms with E-state index in [4.69, 9.17) is 4.74 Å². The standard InChI is InChI=1S/C14H18BrNO/c1-3-10(2)17-14-7-4-12(15)8-11(14)9-16-13-5-6-13/h3-4,7-8,10,13,16H,1,5-6,9H2,2H3. The molecule has 0 radical (unpaired) electrons. The van der Waals surface area contributed by atoms with Crippen LogP contribution in [0.25, 0.3) is 0 Å². The zero-order valence-electron chi connectivity index (χ0n) is 10.1. The van der Waals surface area contributed by atoms with E-state index in [9.17, 15) is 0 Å². The molecule has 1 aromatic rings. The number of benzene rings is 1. The third-order valence-corrected chi connectivity index (χ3v) is 3.32. The smallest absolute Gasteiger partial charge is 0.124 e. The topological polar surface area (TPSA) is 21.3 Å². The average molecular weight is 296 g/mol. The van der Waals surface area contributed by atoms with Crippen molar-refractivity contribution in [3.8, 4) is 5.75 Å². The van der Waals surface area contributed by atoms with E-state index in [0.717, 1.165) is 16.8 Å². The summed E-state index contributed by atoms with van der Waals surface area (Å²) >= 11 is 3.50. The fourth-order valence-electron chi connectivity index (χ4n) is 1.59. The molecular weight excluding hydrogens is 278 g/mol. The summed E-state index contributed by atoms with van der Waals surface area (Å²) in [7, 11) is 0. The Morgan fingerprint density at radius 2 is 2.35 bits per heavy atom. The molecule has 2 nitrogen and oxygen atoms in total. The minimum atomic E-state index is 0.0378. The van der Waals surface area contributed by atoms with Gasteiger partial charge < -0.3 is 10.1 Å². The van der Waals surface area contributed by atoms with Gasteiger partial charge in [0.1, 0.15) is 11.9 Å². The van der Waals surface area contributed by atoms with Crippen LogP contribution in [-0.2, 0) is 6.54 Å². The van der Waals surface area contributed by atoms with Crippen molar-refractivity contribution in [2.75, 3.05) is 0 Å². The molecule has 1 saturated carbocycles. The maximum absolute atomic E-state index is 5.82. The summed E-state index contributed by atoms with van der Waals surface area (Å²) in [6.07, 6.45) is 4.44. The lowest BCUT2D eigenvalue weighted by Gasteiger charge is -2.15. The lowest BCUT2D eigenvalue weighted by molar-refractivity contribution is 0.267. The van der Waals surface area contributed by atoms with Crippen molar-refractivity contribution in [3.05, 3.63) is 40.9 Å². The van der Waals surface area contributed by atoms with Gasteiger partial charge >= 0.3 is 0 Å². The molecule has 1 atom stereocenters. The van der Waals surface area contributed by atoms with Gasteiger partial charge in [0, 0.05) is 22.6 Å². The van der Waals surface area contributed by atoms with Gasteiger partial charge in [0.05, 0.1) is 0 Å². The van der Waals surface area contributed by atoms with Gasteiger partial charge in [-0.25, -0.2) is 0 Å². The molecule has 1 aliphatic rings. The van der Waals surface area contributed by atoms with Gasteiger partial charge in [-0.3, -0.25) is 0 Å². The molecular formula is C14H18BrNO. The molecule has 2 rings (SSSR count). The van der Waals surface area contributed by atoms with Gasteiger partial charge in [-0.05, 0) is 38.0 Å². The quantitative estimate of drug-likeness (QED) is 0.809. The number of rotatable bonds is 6. The van der Waals surface area contributed by atoms with Crippen molar-refractivity contribution in [2.45, 2.75) is 38.5 Å². The van der Waals surface area contributed by atoms with E-state index >= 15 is 0 Å². The van der Waals surface area contributed by atoms with Crippen molar-refractivity contribution >= 4 is 15.9 Å². The minimum Gasteiger partial charge on any atom is -0.486 e. The molecule has 0 heterocycles. The second-order valence-electron chi connectivity index (χ2n) is 4.47. The second-order valence-corrected chi connectivity index (χ2v) is 5.38. The number of hydrogen-bond donors (Lipinski definition) is 1. The maximum Gasteiger partial charge on any atom is 0.124 e. The first-order chi connectivity index (χ1) is 8.19. The molecule has 1 aliphatic carbocycles. The van der Waals surface area contributed by atoms with Gasteiger partial charge in [-0.1, -0.05) is 28.6 Å². The molecule has 1 fully saturated rings. The minimum absolute atomic E-state index is 0.0378. The molecule has 0 bridgehead atoms. The van der Waals surface area contributed by atoms with Gasteiger partial charge in [-0.2, -0.15) is 0 Å². The van der Waals surface area contributed by atoms with Crippen molar-refractivity contribution in [1.82, 2.24) is 5.32 Å². The molecule has 1 aromatic carbocycles. The normalized spacial score (nSPS) is 16.6. The molecule has 0 aliphatic heterocycles. The first-order valence-corrected chi connectivity index (χ1v) is 6.79. The van der Waals surface area contributed by atoms with E-state index < -0.39 is 0 Å². The van der Waals surface area contributed by atoms with Crippen molar-refractivity contribution in [2.24, 2.45) is 0 Å². The van der Waals surface area contributed by atoms with Crippen LogP contribution >= 0.6 is 15.9 Å². The van der Waals surface area contributed by atoms with Crippen LogP contribution in [0.5, 0.6) is 5.75 Å². The Balaban J connectivity index is 2.07. The summed E-state index contributed by atoms with van der Waals surface area (Å²) < 4.78 is 6.91. The van der Waals surface area contributed by atoms with Crippen molar-refractivity contribution in [1.29, 1.82) is 0 Å². The molecule has 0 amide bonds. The Hall–Kier alpha value is -0.800. The summed E-state index contributed by atoms with van der Waals surface area (Å²) in [5.74, 6) is 0.939. The van der Waals surface area contributed by atoms with E-state index in [0.29, 0.717) is 6.04 Å². The maximum atomic E-state index is 5.82. The summed E-state index contributed by atoms with van der Waals surface area (Å²) in [6.45, 7) is 6.60.